The molecule has 1 fully saturated rings. The Morgan fingerprint density at radius 3 is 2.78 bits per heavy atom. The van der Waals surface area contributed by atoms with Crippen LogP contribution in [0, 0.1) is 0 Å². The van der Waals surface area contributed by atoms with E-state index in [-0.39, 0.29) is 0 Å². The summed E-state index contributed by atoms with van der Waals surface area (Å²) in [5, 5.41) is 3.53. The van der Waals surface area contributed by atoms with E-state index in [4.69, 9.17) is 0 Å². The molecule has 1 aliphatic rings. The van der Waals surface area contributed by atoms with Crippen molar-refractivity contribution in [2.45, 2.75) is 19.0 Å². The van der Waals surface area contributed by atoms with E-state index in [2.05, 4.69) is 41.4 Å². The molecule has 0 bridgehead atoms. The number of nitrogens with zero attached hydrogens (tertiary/aromatic N) is 1. The number of nitrogens with one attached hydrogen (secondary N) is 1. The summed E-state index contributed by atoms with van der Waals surface area (Å²) in [4.78, 5) is 2.46. The molecule has 4 heteroatoms. The van der Waals surface area contributed by atoms with Crippen LogP contribution < -0.4 is 5.32 Å². The summed E-state index contributed by atoms with van der Waals surface area (Å²) in [6.07, 6.45) is 1.78. The molecule has 1 heterocycles. The maximum atomic E-state index is 11.3. The van der Waals surface area contributed by atoms with Crippen LogP contribution in [0.3, 0.4) is 0 Å². The van der Waals surface area contributed by atoms with E-state index in [1.807, 2.05) is 6.07 Å². The summed E-state index contributed by atoms with van der Waals surface area (Å²) in [7, 11) is -0.712. The number of hydrogen-bond donors (Lipinski definition) is 1. The highest BCUT2D eigenvalue weighted by atomic mass is 32.2. The number of piperazine rings is 1. The van der Waals surface area contributed by atoms with Crippen LogP contribution in [0.5, 0.6) is 0 Å². The van der Waals surface area contributed by atoms with Crippen LogP contribution in [0.15, 0.2) is 30.3 Å². The molecular formula is C14H22N2OS. The SMILES string of the molecule is CC1CN(CCS(C)=O)C(c2ccccc2)CN1. The van der Waals surface area contributed by atoms with Crippen LogP contribution in [0.2, 0.25) is 0 Å². The lowest BCUT2D eigenvalue weighted by molar-refractivity contribution is 0.144. The first-order valence-electron chi connectivity index (χ1n) is 6.49. The van der Waals surface area contributed by atoms with Crippen molar-refractivity contribution in [2.24, 2.45) is 0 Å². The summed E-state index contributed by atoms with van der Waals surface area (Å²) >= 11 is 0. The topological polar surface area (TPSA) is 32.3 Å². The molecular weight excluding hydrogens is 244 g/mol. The van der Waals surface area contributed by atoms with Crippen LogP contribution in [-0.4, -0.2) is 46.8 Å². The third-order valence-corrected chi connectivity index (χ3v) is 4.22. The van der Waals surface area contributed by atoms with Gasteiger partial charge in [-0.15, -0.1) is 0 Å². The summed E-state index contributed by atoms with van der Waals surface area (Å²) in [6, 6.07) is 11.5. The average molecular weight is 266 g/mol. The molecule has 1 aromatic rings. The van der Waals surface area contributed by atoms with Gasteiger partial charge in [-0.3, -0.25) is 9.11 Å². The van der Waals surface area contributed by atoms with Gasteiger partial charge in [-0.2, -0.15) is 0 Å². The molecule has 3 atom stereocenters. The van der Waals surface area contributed by atoms with E-state index in [1.165, 1.54) is 5.56 Å². The predicted octanol–water partition coefficient (Wildman–Crippen LogP) is 1.40. The molecule has 0 spiro atoms. The van der Waals surface area contributed by atoms with Gasteiger partial charge < -0.3 is 5.32 Å². The molecule has 0 aliphatic carbocycles. The van der Waals surface area contributed by atoms with E-state index >= 15 is 0 Å². The van der Waals surface area contributed by atoms with Crippen LogP contribution in [0.4, 0.5) is 0 Å². The van der Waals surface area contributed by atoms with Crippen LogP contribution in [0.25, 0.3) is 0 Å². The molecule has 0 saturated carbocycles. The van der Waals surface area contributed by atoms with Crippen LogP contribution in [0.1, 0.15) is 18.5 Å². The van der Waals surface area contributed by atoms with Gasteiger partial charge in [0, 0.05) is 54.5 Å². The van der Waals surface area contributed by atoms with Crippen molar-refractivity contribution in [1.82, 2.24) is 10.2 Å². The predicted molar refractivity (Wildman–Crippen MR) is 77.2 cm³/mol. The van der Waals surface area contributed by atoms with Gasteiger partial charge in [0.2, 0.25) is 0 Å². The maximum Gasteiger partial charge on any atom is 0.0473 e. The molecule has 0 radical (unpaired) electrons. The van der Waals surface area contributed by atoms with Gasteiger partial charge >= 0.3 is 0 Å². The Morgan fingerprint density at radius 1 is 1.39 bits per heavy atom. The highest BCUT2D eigenvalue weighted by Crippen LogP contribution is 2.23. The van der Waals surface area contributed by atoms with E-state index < -0.39 is 10.8 Å². The minimum Gasteiger partial charge on any atom is -0.311 e. The van der Waals surface area contributed by atoms with Gasteiger partial charge in [-0.25, -0.2) is 0 Å². The Balaban J connectivity index is 2.08. The fourth-order valence-corrected chi connectivity index (χ4v) is 2.97. The summed E-state index contributed by atoms with van der Waals surface area (Å²) < 4.78 is 11.3. The molecule has 1 aromatic carbocycles. The molecule has 2 rings (SSSR count). The lowest BCUT2D eigenvalue weighted by Gasteiger charge is -2.39. The van der Waals surface area contributed by atoms with Crippen molar-refractivity contribution in [1.29, 1.82) is 0 Å². The largest absolute Gasteiger partial charge is 0.311 e. The Morgan fingerprint density at radius 2 is 2.11 bits per heavy atom. The Kier molecular flexibility index (Phi) is 4.92. The Hall–Kier alpha value is -0.710. The molecule has 1 N–H and O–H groups in total. The van der Waals surface area contributed by atoms with Crippen molar-refractivity contribution >= 4 is 10.8 Å². The first kappa shape index (κ1) is 13.7. The van der Waals surface area contributed by atoms with E-state index in [1.54, 1.807) is 6.26 Å². The summed E-state index contributed by atoms with van der Waals surface area (Å²) in [5.41, 5.74) is 1.35. The molecule has 0 amide bonds. The molecule has 100 valence electrons. The van der Waals surface area contributed by atoms with Gasteiger partial charge in [0.05, 0.1) is 0 Å². The molecule has 1 saturated heterocycles. The first-order valence-corrected chi connectivity index (χ1v) is 8.22. The number of rotatable bonds is 4. The van der Waals surface area contributed by atoms with Gasteiger partial charge in [-0.05, 0) is 12.5 Å². The fourth-order valence-electron chi connectivity index (χ4n) is 2.48. The third-order valence-electron chi connectivity index (χ3n) is 3.46. The zero-order valence-electron chi connectivity index (χ0n) is 11.1. The van der Waals surface area contributed by atoms with Crippen molar-refractivity contribution < 1.29 is 4.21 Å². The maximum absolute atomic E-state index is 11.3. The van der Waals surface area contributed by atoms with Crippen molar-refractivity contribution in [3.05, 3.63) is 35.9 Å². The summed E-state index contributed by atoms with van der Waals surface area (Å²) in [6.45, 7) is 5.12. The molecule has 1 aliphatic heterocycles. The molecule has 3 unspecified atom stereocenters. The standard InChI is InChI=1S/C14H22N2OS/c1-12-11-16(8-9-18(2)17)14(10-15-12)13-6-4-3-5-7-13/h3-7,12,14-15H,8-11H2,1-2H3. The second kappa shape index (κ2) is 6.45. The minimum atomic E-state index is -0.712. The minimum absolute atomic E-state index is 0.408. The number of hydrogen-bond acceptors (Lipinski definition) is 3. The first-order chi connectivity index (χ1) is 8.66. The zero-order valence-corrected chi connectivity index (χ0v) is 12.0. The van der Waals surface area contributed by atoms with Crippen LogP contribution in [-0.2, 0) is 10.8 Å². The Bertz CT molecular complexity index is 396. The van der Waals surface area contributed by atoms with Gasteiger partial charge in [0.15, 0.2) is 0 Å². The van der Waals surface area contributed by atoms with Crippen LogP contribution >= 0.6 is 0 Å². The van der Waals surface area contributed by atoms with E-state index in [0.717, 1.165) is 25.4 Å². The highest BCUT2D eigenvalue weighted by Gasteiger charge is 2.26. The normalized spacial score (nSPS) is 27.0. The Labute approximate surface area is 112 Å². The van der Waals surface area contributed by atoms with Crippen molar-refractivity contribution in [3.8, 4) is 0 Å². The van der Waals surface area contributed by atoms with Crippen molar-refractivity contribution in [3.63, 3.8) is 0 Å². The number of benzene rings is 1. The quantitative estimate of drug-likeness (QED) is 0.894. The molecule has 3 nitrogen and oxygen atoms in total. The molecule has 0 aromatic heterocycles. The third kappa shape index (κ3) is 3.64. The average Bonchev–Trinajstić information content (AvgIpc) is 2.37. The smallest absolute Gasteiger partial charge is 0.0473 e. The fraction of sp³-hybridized carbons (Fsp3) is 0.571. The zero-order chi connectivity index (χ0) is 13.0. The van der Waals surface area contributed by atoms with Gasteiger partial charge in [0.1, 0.15) is 0 Å². The lowest BCUT2D eigenvalue weighted by Crippen LogP contribution is -2.51. The second-order valence-electron chi connectivity index (χ2n) is 5.01. The molecule has 18 heavy (non-hydrogen) atoms. The second-order valence-corrected chi connectivity index (χ2v) is 6.56. The highest BCUT2D eigenvalue weighted by molar-refractivity contribution is 7.84. The monoisotopic (exact) mass is 266 g/mol. The van der Waals surface area contributed by atoms with Gasteiger partial charge in [-0.1, -0.05) is 30.3 Å². The van der Waals surface area contributed by atoms with E-state index in [0.29, 0.717) is 12.1 Å². The van der Waals surface area contributed by atoms with Gasteiger partial charge in [0.25, 0.3) is 0 Å². The van der Waals surface area contributed by atoms with E-state index in [9.17, 15) is 4.21 Å². The van der Waals surface area contributed by atoms with Crippen molar-refractivity contribution in [2.75, 3.05) is 31.6 Å². The summed E-state index contributed by atoms with van der Waals surface area (Å²) in [5.74, 6) is 0.760. The lowest BCUT2D eigenvalue weighted by atomic mass is 10.0.